The van der Waals surface area contributed by atoms with E-state index in [2.05, 4.69) is 25.3 Å². The number of rotatable bonds is 9. The molecule has 184 valence electrons. The number of carbonyl (C=O) groups excluding carboxylic acids is 2. The van der Waals surface area contributed by atoms with E-state index in [0.29, 0.717) is 31.4 Å². The fourth-order valence-electron chi connectivity index (χ4n) is 5.00. The first-order valence-electron chi connectivity index (χ1n) is 12.5. The lowest BCUT2D eigenvalue weighted by atomic mass is 10.00. The second kappa shape index (κ2) is 11.3. The van der Waals surface area contributed by atoms with Crippen molar-refractivity contribution in [3.8, 4) is 5.75 Å². The molecule has 0 spiro atoms. The lowest BCUT2D eigenvalue weighted by Gasteiger charge is -2.37. The van der Waals surface area contributed by atoms with Crippen LogP contribution in [0, 0.1) is 17.7 Å². The van der Waals surface area contributed by atoms with Crippen molar-refractivity contribution in [2.75, 3.05) is 26.2 Å². The molecule has 0 unspecified atom stereocenters. The van der Waals surface area contributed by atoms with Crippen molar-refractivity contribution in [2.45, 2.75) is 58.4 Å². The summed E-state index contributed by atoms with van der Waals surface area (Å²) >= 11 is 1.71. The zero-order chi connectivity index (χ0) is 24.1. The molecule has 0 bridgehead atoms. The molecule has 34 heavy (non-hydrogen) atoms. The monoisotopic (exact) mass is 486 g/mol. The second-order valence-corrected chi connectivity index (χ2v) is 10.6. The van der Waals surface area contributed by atoms with Crippen molar-refractivity contribution < 1.29 is 18.7 Å². The minimum absolute atomic E-state index is 0.0285. The summed E-state index contributed by atoms with van der Waals surface area (Å²) in [5.74, 6) is 0.777. The van der Waals surface area contributed by atoms with Gasteiger partial charge in [0.1, 0.15) is 18.2 Å². The minimum atomic E-state index is -0.310. The average molecular weight is 487 g/mol. The molecule has 0 saturated heterocycles. The molecule has 2 amide bonds. The van der Waals surface area contributed by atoms with Crippen LogP contribution < -0.4 is 4.74 Å². The first-order valence-corrected chi connectivity index (χ1v) is 13.4. The Bertz CT molecular complexity index is 971. The van der Waals surface area contributed by atoms with E-state index in [-0.39, 0.29) is 36.1 Å². The van der Waals surface area contributed by atoms with Crippen molar-refractivity contribution in [2.24, 2.45) is 11.8 Å². The Morgan fingerprint density at radius 2 is 1.94 bits per heavy atom. The normalized spacial score (nSPS) is 19.0. The predicted octanol–water partition coefficient (Wildman–Crippen LogP) is 5.46. The first kappa shape index (κ1) is 24.7. The molecule has 1 aliphatic carbocycles. The van der Waals surface area contributed by atoms with Gasteiger partial charge in [0.15, 0.2) is 0 Å². The Labute approximate surface area is 205 Å². The number of thiophene rings is 1. The maximum Gasteiger partial charge on any atom is 0.242 e. The maximum atomic E-state index is 13.6. The molecule has 1 aromatic heterocycles. The summed E-state index contributed by atoms with van der Waals surface area (Å²) in [5.41, 5.74) is 1.11. The van der Waals surface area contributed by atoms with Crippen LogP contribution in [0.3, 0.4) is 0 Å². The van der Waals surface area contributed by atoms with Crippen LogP contribution in [0.2, 0.25) is 0 Å². The average Bonchev–Trinajstić information content (AvgIpc) is 3.54. The lowest BCUT2D eigenvalue weighted by Crippen LogP contribution is -2.49. The van der Waals surface area contributed by atoms with E-state index in [4.69, 9.17) is 4.74 Å². The highest BCUT2D eigenvalue weighted by atomic mass is 32.1. The van der Waals surface area contributed by atoms with Crippen molar-refractivity contribution in [1.29, 1.82) is 0 Å². The Kier molecular flexibility index (Phi) is 8.24. The van der Waals surface area contributed by atoms with Crippen molar-refractivity contribution in [1.82, 2.24) is 9.80 Å². The lowest BCUT2D eigenvalue weighted by molar-refractivity contribution is -0.145. The molecule has 1 saturated carbocycles. The van der Waals surface area contributed by atoms with Gasteiger partial charge in [-0.15, -0.1) is 11.3 Å². The maximum absolute atomic E-state index is 13.6. The van der Waals surface area contributed by atoms with E-state index in [1.165, 1.54) is 17.0 Å². The van der Waals surface area contributed by atoms with Crippen LogP contribution in [0.4, 0.5) is 4.39 Å². The fourth-order valence-corrected chi connectivity index (χ4v) is 5.93. The molecule has 0 N–H and O–H groups in total. The minimum Gasteiger partial charge on any atom is -0.491 e. The summed E-state index contributed by atoms with van der Waals surface area (Å²) in [6.07, 6.45) is 5.83. The summed E-state index contributed by atoms with van der Waals surface area (Å²) in [6.45, 7) is 5.90. The number of ether oxygens (including phenoxy) is 1. The van der Waals surface area contributed by atoms with Gasteiger partial charge < -0.3 is 14.5 Å². The third kappa shape index (κ3) is 5.80. The van der Waals surface area contributed by atoms with Gasteiger partial charge in [-0.1, -0.05) is 33.1 Å². The van der Waals surface area contributed by atoms with Crippen LogP contribution >= 0.6 is 11.3 Å². The van der Waals surface area contributed by atoms with Crippen LogP contribution in [-0.4, -0.2) is 47.9 Å². The van der Waals surface area contributed by atoms with Crippen LogP contribution in [0.25, 0.3) is 0 Å². The molecule has 4 rings (SSSR count). The van der Waals surface area contributed by atoms with Gasteiger partial charge >= 0.3 is 0 Å². The van der Waals surface area contributed by atoms with Gasteiger partial charge in [-0.05, 0) is 66.5 Å². The number of amides is 2. The van der Waals surface area contributed by atoms with Gasteiger partial charge in [-0.2, -0.15) is 0 Å². The van der Waals surface area contributed by atoms with E-state index < -0.39 is 0 Å². The largest absolute Gasteiger partial charge is 0.491 e. The Morgan fingerprint density at radius 1 is 1.21 bits per heavy atom. The van der Waals surface area contributed by atoms with Gasteiger partial charge in [0.05, 0.1) is 12.6 Å². The zero-order valence-electron chi connectivity index (χ0n) is 20.2. The standard InChI is InChI=1S/C27H35FN2O3S/c1-3-19(2)16-29(27(32)20-6-4-5-7-20)17-26(31)30-14-12-25-23(13-15-34-25)24(30)18-33-22-10-8-21(28)9-11-22/h8-11,13,15,19-20,24H,3-7,12,14,16-18H2,1-2H3/t19-,24+/m1/s1. The highest BCUT2D eigenvalue weighted by molar-refractivity contribution is 7.10. The van der Waals surface area contributed by atoms with Gasteiger partial charge in [0, 0.05) is 23.9 Å². The summed E-state index contributed by atoms with van der Waals surface area (Å²) in [5, 5.41) is 2.06. The number of benzene rings is 1. The molecule has 2 aliphatic rings. The van der Waals surface area contributed by atoms with E-state index in [1.807, 2.05) is 9.80 Å². The molecule has 0 radical (unpaired) electrons. The number of hydrogen-bond donors (Lipinski definition) is 0. The molecule has 1 aromatic carbocycles. The third-order valence-electron chi connectivity index (χ3n) is 7.21. The molecule has 2 heterocycles. The van der Waals surface area contributed by atoms with Crippen LogP contribution in [0.1, 0.15) is 62.4 Å². The quantitative estimate of drug-likeness (QED) is 0.473. The molecular weight excluding hydrogens is 451 g/mol. The van der Waals surface area contributed by atoms with Gasteiger partial charge in [0.2, 0.25) is 11.8 Å². The van der Waals surface area contributed by atoms with Crippen LogP contribution in [-0.2, 0) is 16.0 Å². The number of halogens is 1. The predicted molar refractivity (Wildman–Crippen MR) is 132 cm³/mol. The van der Waals surface area contributed by atoms with Crippen LogP contribution in [0.15, 0.2) is 35.7 Å². The highest BCUT2D eigenvalue weighted by Gasteiger charge is 2.35. The SMILES string of the molecule is CC[C@@H](C)CN(CC(=O)N1CCc2sccc2[C@@H]1COc1ccc(F)cc1)C(=O)C1CCCC1. The second-order valence-electron chi connectivity index (χ2n) is 9.63. The number of nitrogens with zero attached hydrogens (tertiary/aromatic N) is 2. The van der Waals surface area contributed by atoms with Crippen LogP contribution in [0.5, 0.6) is 5.75 Å². The summed E-state index contributed by atoms with van der Waals surface area (Å²) in [7, 11) is 0. The van der Waals surface area contributed by atoms with Gasteiger partial charge in [-0.3, -0.25) is 9.59 Å². The van der Waals surface area contributed by atoms with Gasteiger partial charge in [0.25, 0.3) is 0 Å². The number of fused-ring (bicyclic) bond motifs is 1. The van der Waals surface area contributed by atoms with Gasteiger partial charge in [-0.25, -0.2) is 4.39 Å². The fraction of sp³-hybridized carbons (Fsp3) is 0.556. The highest BCUT2D eigenvalue weighted by Crippen LogP contribution is 2.34. The molecule has 7 heteroatoms. The molecule has 5 nitrogen and oxygen atoms in total. The Balaban J connectivity index is 1.49. The molecular formula is C27H35FN2O3S. The smallest absolute Gasteiger partial charge is 0.242 e. The molecule has 2 atom stereocenters. The molecule has 1 aliphatic heterocycles. The summed E-state index contributed by atoms with van der Waals surface area (Å²) in [6, 6.07) is 7.80. The van der Waals surface area contributed by atoms with E-state index in [9.17, 15) is 14.0 Å². The van der Waals surface area contributed by atoms with E-state index in [0.717, 1.165) is 44.1 Å². The number of hydrogen-bond acceptors (Lipinski definition) is 4. The summed E-state index contributed by atoms with van der Waals surface area (Å²) in [4.78, 5) is 31.9. The topological polar surface area (TPSA) is 49.9 Å². The molecule has 1 fully saturated rings. The van der Waals surface area contributed by atoms with E-state index >= 15 is 0 Å². The van der Waals surface area contributed by atoms with Crippen molar-refractivity contribution >= 4 is 23.2 Å². The number of carbonyl (C=O) groups is 2. The Morgan fingerprint density at radius 3 is 2.65 bits per heavy atom. The van der Waals surface area contributed by atoms with E-state index in [1.54, 1.807) is 23.5 Å². The van der Waals surface area contributed by atoms with Crippen molar-refractivity contribution in [3.63, 3.8) is 0 Å². The summed E-state index contributed by atoms with van der Waals surface area (Å²) < 4.78 is 19.3. The first-order chi connectivity index (χ1) is 16.5. The zero-order valence-corrected chi connectivity index (χ0v) is 21.0. The van der Waals surface area contributed by atoms with Crippen molar-refractivity contribution in [3.05, 3.63) is 52.0 Å². The molecule has 2 aromatic rings. The third-order valence-corrected chi connectivity index (χ3v) is 8.20. The Hall–Kier alpha value is -2.41.